The summed E-state index contributed by atoms with van der Waals surface area (Å²) in [4.78, 5) is 10.2. The molecule has 0 fully saturated rings. The summed E-state index contributed by atoms with van der Waals surface area (Å²) in [6.07, 6.45) is 8.57. The van der Waals surface area contributed by atoms with Gasteiger partial charge in [0, 0.05) is 12.6 Å². The maximum atomic E-state index is 10.2. The van der Waals surface area contributed by atoms with Gasteiger partial charge in [-0.3, -0.25) is 0 Å². The number of carboxylic acids is 1. The molecule has 0 rings (SSSR count). The van der Waals surface area contributed by atoms with E-state index in [9.17, 15) is 9.90 Å². The molecule has 0 bridgehead atoms. The van der Waals surface area contributed by atoms with Crippen LogP contribution in [0, 0.1) is 5.92 Å². The van der Waals surface area contributed by atoms with Crippen molar-refractivity contribution in [1.29, 1.82) is 0 Å². The molecule has 0 saturated heterocycles. The molecule has 0 amide bonds. The first kappa shape index (κ1) is 20.4. The number of carbonyl (C=O) groups is 1. The van der Waals surface area contributed by atoms with Crippen molar-refractivity contribution in [2.75, 3.05) is 6.61 Å². The Balaban J connectivity index is 0. The van der Waals surface area contributed by atoms with Crippen LogP contribution in [0.5, 0.6) is 0 Å². The summed E-state index contributed by atoms with van der Waals surface area (Å²) in [6.45, 7) is 2.46. The van der Waals surface area contributed by atoms with Crippen molar-refractivity contribution in [2.45, 2.75) is 64.7 Å². The van der Waals surface area contributed by atoms with Crippen molar-refractivity contribution in [3.05, 3.63) is 0 Å². The second-order valence-corrected chi connectivity index (χ2v) is 4.49. The fraction of sp³-hybridized carbons (Fsp3) is 0.923. The van der Waals surface area contributed by atoms with Gasteiger partial charge in [0.1, 0.15) is 0 Å². The van der Waals surface area contributed by atoms with Gasteiger partial charge in [-0.1, -0.05) is 45.4 Å². The number of hydrogen-bond donors (Lipinski definition) is 1. The summed E-state index contributed by atoms with van der Waals surface area (Å²) in [5.74, 6) is -0.231. The van der Waals surface area contributed by atoms with E-state index in [0.29, 0.717) is 5.92 Å². The summed E-state index contributed by atoms with van der Waals surface area (Å²) >= 11 is 0. The van der Waals surface area contributed by atoms with E-state index in [2.05, 4.69) is 6.92 Å². The molecule has 1 N–H and O–H groups in total. The second kappa shape index (κ2) is 15.1. The summed E-state index contributed by atoms with van der Waals surface area (Å²) in [5.41, 5.74) is 0. The first-order valence-corrected chi connectivity index (χ1v) is 6.51. The molecule has 17 heavy (non-hydrogen) atoms. The molecule has 0 spiro atoms. The molecule has 96 valence electrons. The Morgan fingerprint density at radius 3 is 2.18 bits per heavy atom. The monoisotopic (exact) mass is 268 g/mol. The van der Waals surface area contributed by atoms with Gasteiger partial charge >= 0.3 is 51.4 Å². The minimum Gasteiger partial charge on any atom is -0.550 e. The van der Waals surface area contributed by atoms with E-state index >= 15 is 0 Å². The molecule has 0 aromatic heterocycles. The van der Waals surface area contributed by atoms with Gasteiger partial charge in [-0.25, -0.2) is 0 Å². The van der Waals surface area contributed by atoms with Crippen molar-refractivity contribution >= 4 is 5.97 Å². The van der Waals surface area contributed by atoms with Gasteiger partial charge in [0.15, 0.2) is 0 Å². The summed E-state index contributed by atoms with van der Waals surface area (Å²) < 4.78 is 0. The molecule has 4 heteroatoms. The first-order chi connectivity index (χ1) is 7.70. The number of hydrogen-bond acceptors (Lipinski definition) is 3. The number of carbonyl (C=O) groups excluding carboxylic acids is 1. The number of carboxylic acid groups (broad SMARTS) is 1. The maximum Gasteiger partial charge on any atom is 1.00 e. The van der Waals surface area contributed by atoms with Crippen LogP contribution in [0.1, 0.15) is 64.7 Å². The molecular weight excluding hydrogens is 243 g/mol. The van der Waals surface area contributed by atoms with Crippen molar-refractivity contribution < 1.29 is 66.4 Å². The van der Waals surface area contributed by atoms with E-state index in [0.717, 1.165) is 32.1 Å². The first-order valence-electron chi connectivity index (χ1n) is 6.51. The molecule has 1 atom stereocenters. The minimum atomic E-state index is -0.938. The number of unbranched alkanes of at least 4 members (excludes halogenated alkanes) is 2. The Morgan fingerprint density at radius 2 is 1.71 bits per heavy atom. The Morgan fingerprint density at radius 1 is 1.12 bits per heavy atom. The predicted octanol–water partition coefficient (Wildman–Crippen LogP) is -1.12. The third kappa shape index (κ3) is 15.0. The number of aliphatic hydroxyl groups is 1. The van der Waals surface area contributed by atoms with Gasteiger partial charge in [0.05, 0.1) is 0 Å². The minimum absolute atomic E-state index is 0. The Hall–Kier alpha value is 1.07. The van der Waals surface area contributed by atoms with Crippen LogP contribution in [-0.2, 0) is 4.79 Å². The third-order valence-corrected chi connectivity index (χ3v) is 2.96. The Kier molecular flexibility index (Phi) is 18.1. The van der Waals surface area contributed by atoms with Crippen LogP contribution >= 0.6 is 0 Å². The molecule has 0 aliphatic heterocycles. The number of rotatable bonds is 11. The van der Waals surface area contributed by atoms with E-state index in [1.807, 2.05) is 0 Å². The normalized spacial score (nSPS) is 11.9. The average molecular weight is 268 g/mol. The van der Waals surface area contributed by atoms with E-state index < -0.39 is 5.97 Å². The van der Waals surface area contributed by atoms with Gasteiger partial charge in [0.25, 0.3) is 0 Å². The van der Waals surface area contributed by atoms with Gasteiger partial charge in [0.2, 0.25) is 0 Å². The van der Waals surface area contributed by atoms with Crippen LogP contribution in [0.3, 0.4) is 0 Å². The fourth-order valence-corrected chi connectivity index (χ4v) is 2.09. The van der Waals surface area contributed by atoms with Crippen molar-refractivity contribution in [3.63, 3.8) is 0 Å². The topological polar surface area (TPSA) is 60.4 Å². The van der Waals surface area contributed by atoms with Crippen LogP contribution in [0.15, 0.2) is 0 Å². The standard InChI is InChI=1S/C13H26O3.K/c1-2-7-12(9-5-6-11-14)8-3-4-10-13(15)16;/h12,14H,2-11H2,1H3,(H,15,16);/q;+1/p-1. The quantitative estimate of drug-likeness (QED) is 0.381. The number of aliphatic hydroxyl groups excluding tert-OH is 1. The van der Waals surface area contributed by atoms with Crippen molar-refractivity contribution in [1.82, 2.24) is 0 Å². The molecule has 0 saturated carbocycles. The molecule has 0 aliphatic rings. The van der Waals surface area contributed by atoms with E-state index in [-0.39, 0.29) is 64.4 Å². The smallest absolute Gasteiger partial charge is 0.550 e. The molecule has 0 aliphatic carbocycles. The van der Waals surface area contributed by atoms with Crippen molar-refractivity contribution in [3.8, 4) is 0 Å². The fourth-order valence-electron chi connectivity index (χ4n) is 2.09. The van der Waals surface area contributed by atoms with Crippen LogP contribution in [-0.4, -0.2) is 17.7 Å². The average Bonchev–Trinajstić information content (AvgIpc) is 2.24. The summed E-state index contributed by atoms with van der Waals surface area (Å²) in [5, 5.41) is 19.0. The zero-order valence-electron chi connectivity index (χ0n) is 11.4. The van der Waals surface area contributed by atoms with Gasteiger partial charge < -0.3 is 15.0 Å². The Bertz CT molecular complexity index is 174. The maximum absolute atomic E-state index is 10.2. The second-order valence-electron chi connectivity index (χ2n) is 4.49. The van der Waals surface area contributed by atoms with Crippen LogP contribution in [0.25, 0.3) is 0 Å². The van der Waals surface area contributed by atoms with Gasteiger partial charge in [-0.05, 0) is 25.2 Å². The third-order valence-electron chi connectivity index (χ3n) is 2.96. The van der Waals surface area contributed by atoms with E-state index in [1.54, 1.807) is 0 Å². The zero-order valence-corrected chi connectivity index (χ0v) is 14.5. The SMILES string of the molecule is CCCC(CCCCO)CCCCC(=O)[O-].[K+]. The molecular formula is C13H25KO3. The molecule has 1 unspecified atom stereocenters. The summed E-state index contributed by atoms with van der Waals surface area (Å²) in [7, 11) is 0. The largest absolute Gasteiger partial charge is 1.00 e. The van der Waals surface area contributed by atoms with Gasteiger partial charge in [-0.2, -0.15) is 0 Å². The molecule has 0 heterocycles. The van der Waals surface area contributed by atoms with Crippen LogP contribution in [0.4, 0.5) is 0 Å². The predicted molar refractivity (Wildman–Crippen MR) is 62.8 cm³/mol. The van der Waals surface area contributed by atoms with Gasteiger partial charge in [-0.15, -0.1) is 0 Å². The Labute approximate surface area is 148 Å². The van der Waals surface area contributed by atoms with E-state index in [1.165, 1.54) is 19.3 Å². The number of aliphatic carboxylic acids is 1. The zero-order chi connectivity index (χ0) is 12.2. The van der Waals surface area contributed by atoms with Crippen LogP contribution < -0.4 is 56.5 Å². The molecule has 3 nitrogen and oxygen atoms in total. The molecule has 0 aromatic carbocycles. The van der Waals surface area contributed by atoms with E-state index in [4.69, 9.17) is 5.11 Å². The molecule has 0 aromatic rings. The summed E-state index contributed by atoms with van der Waals surface area (Å²) in [6, 6.07) is 0. The van der Waals surface area contributed by atoms with Crippen LogP contribution in [0.2, 0.25) is 0 Å². The van der Waals surface area contributed by atoms with Crippen molar-refractivity contribution in [2.24, 2.45) is 5.92 Å². The molecule has 0 radical (unpaired) electrons.